The highest BCUT2D eigenvalue weighted by molar-refractivity contribution is 7.89. The van der Waals surface area contributed by atoms with Crippen LogP contribution in [0.25, 0.3) is 0 Å². The van der Waals surface area contributed by atoms with Crippen LogP contribution in [0.4, 0.5) is 0 Å². The molecule has 21 heavy (non-hydrogen) atoms. The number of aromatic nitrogens is 1. The minimum absolute atomic E-state index is 0.0160. The summed E-state index contributed by atoms with van der Waals surface area (Å²) >= 11 is 0. The fraction of sp³-hybridized carbons (Fsp3) is 0.643. The summed E-state index contributed by atoms with van der Waals surface area (Å²) in [5, 5.41) is 8.19. The van der Waals surface area contributed by atoms with Gasteiger partial charge < -0.3 is 9.88 Å². The molecule has 0 unspecified atom stereocenters. The molecule has 6 nitrogen and oxygen atoms in total. The second-order valence-electron chi connectivity index (χ2n) is 6.02. The molecule has 1 heterocycles. The van der Waals surface area contributed by atoms with Gasteiger partial charge in [-0.15, -0.1) is 0 Å². The maximum atomic E-state index is 12.5. The number of nitrogens with zero attached hydrogens (tertiary/aromatic N) is 1. The van der Waals surface area contributed by atoms with E-state index in [0.29, 0.717) is 12.2 Å². The quantitative estimate of drug-likeness (QED) is 0.864. The average molecular weight is 313 g/mol. The Labute approximate surface area is 125 Å². The predicted octanol–water partition coefficient (Wildman–Crippen LogP) is 1.61. The van der Waals surface area contributed by atoms with Crippen molar-refractivity contribution in [3.8, 4) is 0 Å². The van der Waals surface area contributed by atoms with Gasteiger partial charge in [-0.05, 0) is 32.3 Å². The molecule has 0 aliphatic heterocycles. The summed E-state index contributed by atoms with van der Waals surface area (Å²) in [6, 6.07) is 1.36. The Morgan fingerprint density at radius 3 is 2.57 bits per heavy atom. The molecule has 1 aromatic rings. The minimum Gasteiger partial charge on any atom is -0.346 e. The fourth-order valence-electron chi connectivity index (χ4n) is 2.87. The van der Waals surface area contributed by atoms with E-state index >= 15 is 0 Å². The number of nitrogens with one attached hydrogen (secondary N) is 1. The lowest BCUT2D eigenvalue weighted by Gasteiger charge is -2.25. The van der Waals surface area contributed by atoms with Gasteiger partial charge in [0.1, 0.15) is 10.6 Å². The highest BCUT2D eigenvalue weighted by Gasteiger charge is 2.31. The van der Waals surface area contributed by atoms with Crippen LogP contribution < -0.4 is 10.5 Å². The Morgan fingerprint density at radius 2 is 2.05 bits per heavy atom. The van der Waals surface area contributed by atoms with Gasteiger partial charge in [0.15, 0.2) is 0 Å². The van der Waals surface area contributed by atoms with Gasteiger partial charge >= 0.3 is 0 Å². The summed E-state index contributed by atoms with van der Waals surface area (Å²) in [4.78, 5) is 12.5. The molecule has 7 heteroatoms. The first-order valence-corrected chi connectivity index (χ1v) is 8.85. The van der Waals surface area contributed by atoms with Crippen molar-refractivity contribution in [2.24, 2.45) is 5.14 Å². The number of amides is 1. The first-order chi connectivity index (χ1) is 9.75. The van der Waals surface area contributed by atoms with Crippen molar-refractivity contribution in [2.45, 2.75) is 62.9 Å². The molecule has 0 aromatic carbocycles. The number of sulfonamides is 1. The molecule has 1 saturated carbocycles. The van der Waals surface area contributed by atoms with Crippen LogP contribution in [0.3, 0.4) is 0 Å². The zero-order valence-electron chi connectivity index (χ0n) is 12.6. The molecule has 1 fully saturated rings. The van der Waals surface area contributed by atoms with Crippen LogP contribution in [-0.2, 0) is 16.6 Å². The molecule has 0 bridgehead atoms. The van der Waals surface area contributed by atoms with Crippen molar-refractivity contribution in [2.75, 3.05) is 0 Å². The number of nitrogens with two attached hydrogens (primary N) is 1. The van der Waals surface area contributed by atoms with Crippen LogP contribution >= 0.6 is 0 Å². The monoisotopic (exact) mass is 313 g/mol. The third-order valence-corrected chi connectivity index (χ3v) is 4.90. The summed E-state index contributed by atoms with van der Waals surface area (Å²) in [6.45, 7) is 4.58. The number of rotatable bonds is 5. The summed E-state index contributed by atoms with van der Waals surface area (Å²) in [7, 11) is -3.80. The molecule has 1 aliphatic rings. The summed E-state index contributed by atoms with van der Waals surface area (Å²) in [5.41, 5.74) is 0.161. The average Bonchev–Trinajstić information content (AvgIpc) is 2.96. The molecule has 0 saturated heterocycles. The SMILES string of the molecule is CCCn1cc(S(N)(=O)=O)cc1C(=O)NC1(C)CCCC1. The Kier molecular flexibility index (Phi) is 4.43. The predicted molar refractivity (Wildman–Crippen MR) is 80.4 cm³/mol. The van der Waals surface area contributed by atoms with Crippen molar-refractivity contribution < 1.29 is 13.2 Å². The van der Waals surface area contributed by atoms with E-state index in [1.807, 2.05) is 13.8 Å². The second kappa shape index (κ2) is 5.81. The number of hydrogen-bond donors (Lipinski definition) is 2. The fourth-order valence-corrected chi connectivity index (χ4v) is 3.42. The van der Waals surface area contributed by atoms with E-state index < -0.39 is 10.0 Å². The Morgan fingerprint density at radius 1 is 1.43 bits per heavy atom. The molecule has 1 aromatic heterocycles. The van der Waals surface area contributed by atoms with Gasteiger partial charge in [-0.1, -0.05) is 19.8 Å². The first-order valence-electron chi connectivity index (χ1n) is 7.31. The molecule has 0 radical (unpaired) electrons. The maximum Gasteiger partial charge on any atom is 0.268 e. The summed E-state index contributed by atoms with van der Waals surface area (Å²) in [5.74, 6) is -0.234. The molecule has 3 N–H and O–H groups in total. The van der Waals surface area contributed by atoms with Crippen LogP contribution in [0.15, 0.2) is 17.2 Å². The lowest BCUT2D eigenvalue weighted by molar-refractivity contribution is 0.0898. The number of carbonyl (C=O) groups is 1. The third kappa shape index (κ3) is 3.65. The standard InChI is InChI=1S/C14H23N3O3S/c1-3-8-17-10-11(21(15,19)20)9-12(17)13(18)16-14(2)6-4-5-7-14/h9-10H,3-8H2,1-2H3,(H,16,18)(H2,15,19,20). The number of primary sulfonamides is 1. The van der Waals surface area contributed by atoms with Crippen LogP contribution in [-0.4, -0.2) is 24.4 Å². The normalized spacial score (nSPS) is 17.9. The van der Waals surface area contributed by atoms with E-state index in [0.717, 1.165) is 32.1 Å². The van der Waals surface area contributed by atoms with Crippen molar-refractivity contribution in [3.63, 3.8) is 0 Å². The van der Waals surface area contributed by atoms with E-state index in [9.17, 15) is 13.2 Å². The van der Waals surface area contributed by atoms with E-state index in [4.69, 9.17) is 5.14 Å². The van der Waals surface area contributed by atoms with Gasteiger partial charge in [-0.2, -0.15) is 0 Å². The van der Waals surface area contributed by atoms with Gasteiger partial charge in [0.05, 0.1) is 0 Å². The van der Waals surface area contributed by atoms with Gasteiger partial charge in [-0.25, -0.2) is 13.6 Å². The number of carbonyl (C=O) groups excluding carboxylic acids is 1. The van der Waals surface area contributed by atoms with Crippen molar-refractivity contribution in [1.29, 1.82) is 0 Å². The molecule has 0 spiro atoms. The summed E-state index contributed by atoms with van der Waals surface area (Å²) < 4.78 is 24.6. The summed E-state index contributed by atoms with van der Waals surface area (Å²) in [6.07, 6.45) is 6.36. The van der Waals surface area contributed by atoms with Crippen LogP contribution in [0.5, 0.6) is 0 Å². The van der Waals surface area contributed by atoms with Crippen LogP contribution in [0.2, 0.25) is 0 Å². The molecule has 1 aliphatic carbocycles. The highest BCUT2D eigenvalue weighted by atomic mass is 32.2. The Bertz CT molecular complexity index is 628. The lowest BCUT2D eigenvalue weighted by Crippen LogP contribution is -2.44. The first kappa shape index (κ1) is 16.0. The van der Waals surface area contributed by atoms with Crippen molar-refractivity contribution in [1.82, 2.24) is 9.88 Å². The minimum atomic E-state index is -3.80. The molecule has 118 valence electrons. The second-order valence-corrected chi connectivity index (χ2v) is 7.58. The zero-order chi connectivity index (χ0) is 15.7. The largest absolute Gasteiger partial charge is 0.346 e. The molecular formula is C14H23N3O3S. The van der Waals surface area contributed by atoms with Crippen LogP contribution in [0.1, 0.15) is 56.4 Å². The number of hydrogen-bond acceptors (Lipinski definition) is 3. The van der Waals surface area contributed by atoms with E-state index in [-0.39, 0.29) is 16.3 Å². The highest BCUT2D eigenvalue weighted by Crippen LogP contribution is 2.29. The molecule has 0 atom stereocenters. The topological polar surface area (TPSA) is 94.2 Å². The van der Waals surface area contributed by atoms with E-state index in [1.165, 1.54) is 12.3 Å². The van der Waals surface area contributed by atoms with Crippen molar-refractivity contribution >= 4 is 15.9 Å². The molecular weight excluding hydrogens is 290 g/mol. The van der Waals surface area contributed by atoms with Gasteiger partial charge in [-0.3, -0.25) is 4.79 Å². The zero-order valence-corrected chi connectivity index (χ0v) is 13.4. The smallest absolute Gasteiger partial charge is 0.268 e. The van der Waals surface area contributed by atoms with Gasteiger partial charge in [0.2, 0.25) is 10.0 Å². The third-order valence-electron chi connectivity index (χ3n) is 4.02. The van der Waals surface area contributed by atoms with Crippen LogP contribution in [0, 0.1) is 0 Å². The maximum absolute atomic E-state index is 12.5. The van der Waals surface area contributed by atoms with E-state index in [1.54, 1.807) is 4.57 Å². The Hall–Kier alpha value is -1.34. The molecule has 2 rings (SSSR count). The van der Waals surface area contributed by atoms with E-state index in [2.05, 4.69) is 5.32 Å². The molecule has 1 amide bonds. The van der Waals surface area contributed by atoms with Gasteiger partial charge in [0, 0.05) is 18.3 Å². The lowest BCUT2D eigenvalue weighted by atomic mass is 10.0. The Balaban J connectivity index is 2.28. The van der Waals surface area contributed by atoms with Crippen molar-refractivity contribution in [3.05, 3.63) is 18.0 Å². The van der Waals surface area contributed by atoms with Gasteiger partial charge in [0.25, 0.3) is 5.91 Å². The number of aryl methyl sites for hydroxylation is 1.